The summed E-state index contributed by atoms with van der Waals surface area (Å²) in [5.41, 5.74) is 4.11. The fourth-order valence-electron chi connectivity index (χ4n) is 3.02. The summed E-state index contributed by atoms with van der Waals surface area (Å²) in [7, 11) is 0. The summed E-state index contributed by atoms with van der Waals surface area (Å²) in [5.74, 6) is -0.239. The summed E-state index contributed by atoms with van der Waals surface area (Å²) in [5, 5.41) is 17.4. The van der Waals surface area contributed by atoms with Gasteiger partial charge in [0.2, 0.25) is 5.91 Å². The number of aliphatic hydroxyl groups excluding tert-OH is 1. The molecule has 0 aliphatic heterocycles. The zero-order valence-corrected chi connectivity index (χ0v) is 15.6. The minimum atomic E-state index is -0.719. The number of hydrogen-bond acceptors (Lipinski definition) is 3. The first-order valence-corrected chi connectivity index (χ1v) is 9.76. The van der Waals surface area contributed by atoms with Gasteiger partial charge in [-0.2, -0.15) is 11.3 Å². The first-order valence-electron chi connectivity index (χ1n) is 8.82. The van der Waals surface area contributed by atoms with Gasteiger partial charge in [0, 0.05) is 6.54 Å². The van der Waals surface area contributed by atoms with E-state index in [1.807, 2.05) is 66.9 Å². The van der Waals surface area contributed by atoms with Gasteiger partial charge in [-0.15, -0.1) is 0 Å². The summed E-state index contributed by atoms with van der Waals surface area (Å²) in [6.45, 7) is 2.21. The second-order valence-corrected chi connectivity index (χ2v) is 7.05. The van der Waals surface area contributed by atoms with Crippen molar-refractivity contribution in [2.24, 2.45) is 0 Å². The van der Waals surface area contributed by atoms with Crippen molar-refractivity contribution in [1.29, 1.82) is 0 Å². The molecule has 4 heteroatoms. The van der Waals surface area contributed by atoms with E-state index in [0.717, 1.165) is 23.1 Å². The van der Waals surface area contributed by atoms with Crippen LogP contribution in [0.15, 0.2) is 71.4 Å². The Labute approximate surface area is 158 Å². The number of carbonyl (C=O) groups is 1. The molecule has 0 radical (unpaired) electrons. The molecule has 1 amide bonds. The zero-order chi connectivity index (χ0) is 18.4. The fourth-order valence-corrected chi connectivity index (χ4v) is 3.69. The molecule has 0 fully saturated rings. The summed E-state index contributed by atoms with van der Waals surface area (Å²) in [4.78, 5) is 12.5. The lowest BCUT2D eigenvalue weighted by Gasteiger charge is -2.18. The molecule has 2 aromatic carbocycles. The van der Waals surface area contributed by atoms with Gasteiger partial charge in [0.15, 0.2) is 0 Å². The number of benzene rings is 2. The highest BCUT2D eigenvalue weighted by Crippen LogP contribution is 2.24. The van der Waals surface area contributed by atoms with Crippen LogP contribution in [0.25, 0.3) is 11.1 Å². The van der Waals surface area contributed by atoms with Crippen LogP contribution in [0.5, 0.6) is 0 Å². The highest BCUT2D eigenvalue weighted by atomic mass is 32.1. The molecule has 134 valence electrons. The molecule has 3 nitrogen and oxygen atoms in total. The van der Waals surface area contributed by atoms with E-state index in [4.69, 9.17) is 0 Å². The van der Waals surface area contributed by atoms with Gasteiger partial charge in [0.1, 0.15) is 0 Å². The predicted molar refractivity (Wildman–Crippen MR) is 107 cm³/mol. The second kappa shape index (κ2) is 8.79. The third-order valence-corrected chi connectivity index (χ3v) is 5.23. The van der Waals surface area contributed by atoms with Gasteiger partial charge < -0.3 is 10.4 Å². The summed E-state index contributed by atoms with van der Waals surface area (Å²) >= 11 is 1.66. The highest BCUT2D eigenvalue weighted by molar-refractivity contribution is 7.08. The number of hydrogen-bond donors (Lipinski definition) is 2. The Hall–Kier alpha value is -2.43. The van der Waals surface area contributed by atoms with Crippen molar-refractivity contribution in [2.45, 2.75) is 25.4 Å². The standard InChI is InChI=1S/C22H23NO2S/c1-2-20(17-6-4-3-5-7-17)22(25)23-14-21(24)18-10-8-16(9-11-18)19-12-13-26-15-19/h3-13,15,20-21,24H,2,14H2,1H3,(H,23,25). The molecule has 3 aromatic rings. The molecule has 1 aromatic heterocycles. The second-order valence-electron chi connectivity index (χ2n) is 6.27. The molecule has 0 saturated carbocycles. The molecule has 1 heterocycles. The highest BCUT2D eigenvalue weighted by Gasteiger charge is 2.19. The van der Waals surface area contributed by atoms with E-state index < -0.39 is 6.10 Å². The summed E-state index contributed by atoms with van der Waals surface area (Å²) in [6, 6.07) is 19.7. The van der Waals surface area contributed by atoms with Crippen molar-refractivity contribution >= 4 is 17.2 Å². The number of nitrogens with one attached hydrogen (secondary N) is 1. The SMILES string of the molecule is CCC(C(=O)NCC(O)c1ccc(-c2ccsc2)cc1)c1ccccc1. The van der Waals surface area contributed by atoms with Gasteiger partial charge >= 0.3 is 0 Å². The lowest BCUT2D eigenvalue weighted by molar-refractivity contribution is -0.123. The number of thiophene rings is 1. The molecule has 2 atom stereocenters. The van der Waals surface area contributed by atoms with E-state index >= 15 is 0 Å². The van der Waals surface area contributed by atoms with Gasteiger partial charge in [-0.3, -0.25) is 4.79 Å². The van der Waals surface area contributed by atoms with Crippen LogP contribution in [0.2, 0.25) is 0 Å². The summed E-state index contributed by atoms with van der Waals surface area (Å²) in [6.07, 6.45) is 0.00475. The van der Waals surface area contributed by atoms with Crippen LogP contribution in [-0.2, 0) is 4.79 Å². The lowest BCUT2D eigenvalue weighted by Crippen LogP contribution is -2.32. The maximum atomic E-state index is 12.5. The summed E-state index contributed by atoms with van der Waals surface area (Å²) < 4.78 is 0. The van der Waals surface area contributed by atoms with Crippen LogP contribution in [-0.4, -0.2) is 17.6 Å². The lowest BCUT2D eigenvalue weighted by atomic mass is 9.95. The topological polar surface area (TPSA) is 49.3 Å². The molecule has 0 spiro atoms. The number of carbonyl (C=O) groups excluding carboxylic acids is 1. The molecule has 2 N–H and O–H groups in total. The van der Waals surface area contributed by atoms with Crippen LogP contribution in [0, 0.1) is 0 Å². The number of amides is 1. The molecule has 3 rings (SSSR count). The first-order chi connectivity index (χ1) is 12.7. The Morgan fingerprint density at radius 1 is 1.00 bits per heavy atom. The monoisotopic (exact) mass is 365 g/mol. The fraction of sp³-hybridized carbons (Fsp3) is 0.227. The van der Waals surface area contributed by atoms with E-state index in [2.05, 4.69) is 16.8 Å². The van der Waals surface area contributed by atoms with E-state index in [9.17, 15) is 9.90 Å². The molecule has 0 aliphatic rings. The van der Waals surface area contributed by atoms with Gasteiger partial charge in [-0.05, 0) is 45.5 Å². The van der Waals surface area contributed by atoms with Gasteiger partial charge in [-0.1, -0.05) is 61.5 Å². The van der Waals surface area contributed by atoms with E-state index in [1.165, 1.54) is 5.56 Å². The Morgan fingerprint density at radius 2 is 1.73 bits per heavy atom. The molecular weight excluding hydrogens is 342 g/mol. The van der Waals surface area contributed by atoms with E-state index in [1.54, 1.807) is 11.3 Å². The maximum absolute atomic E-state index is 12.5. The van der Waals surface area contributed by atoms with E-state index in [0.29, 0.717) is 0 Å². The number of rotatable bonds is 7. The number of aliphatic hydroxyl groups is 1. The van der Waals surface area contributed by atoms with Crippen LogP contribution in [0.4, 0.5) is 0 Å². The minimum Gasteiger partial charge on any atom is -0.387 e. The van der Waals surface area contributed by atoms with E-state index in [-0.39, 0.29) is 18.4 Å². The predicted octanol–water partition coefficient (Wildman–Crippen LogP) is 4.76. The third kappa shape index (κ3) is 4.40. The van der Waals surface area contributed by atoms with Gasteiger partial charge in [0.25, 0.3) is 0 Å². The third-order valence-electron chi connectivity index (χ3n) is 4.55. The maximum Gasteiger partial charge on any atom is 0.227 e. The Kier molecular flexibility index (Phi) is 6.21. The average Bonchev–Trinajstić information content (AvgIpc) is 3.22. The van der Waals surface area contributed by atoms with Crippen LogP contribution in [0.3, 0.4) is 0 Å². The van der Waals surface area contributed by atoms with Gasteiger partial charge in [0.05, 0.1) is 12.0 Å². The molecule has 26 heavy (non-hydrogen) atoms. The molecule has 0 saturated heterocycles. The molecule has 0 bridgehead atoms. The van der Waals surface area contributed by atoms with Crippen molar-refractivity contribution < 1.29 is 9.90 Å². The Morgan fingerprint density at radius 3 is 2.35 bits per heavy atom. The normalized spacial score (nSPS) is 13.2. The Bertz CT molecular complexity index is 813. The van der Waals surface area contributed by atoms with Crippen molar-refractivity contribution in [2.75, 3.05) is 6.54 Å². The zero-order valence-electron chi connectivity index (χ0n) is 14.8. The quantitative estimate of drug-likeness (QED) is 0.634. The molecule has 0 aliphatic carbocycles. The molecule has 2 unspecified atom stereocenters. The van der Waals surface area contributed by atoms with Crippen LogP contribution >= 0.6 is 11.3 Å². The first kappa shape index (κ1) is 18.4. The van der Waals surface area contributed by atoms with Crippen LogP contribution < -0.4 is 5.32 Å². The molecular formula is C22H23NO2S. The largest absolute Gasteiger partial charge is 0.387 e. The van der Waals surface area contributed by atoms with Crippen LogP contribution in [0.1, 0.15) is 36.5 Å². The van der Waals surface area contributed by atoms with Crippen molar-refractivity contribution in [3.8, 4) is 11.1 Å². The van der Waals surface area contributed by atoms with Crippen molar-refractivity contribution in [3.05, 3.63) is 82.6 Å². The van der Waals surface area contributed by atoms with Crippen molar-refractivity contribution in [3.63, 3.8) is 0 Å². The van der Waals surface area contributed by atoms with Crippen molar-refractivity contribution in [1.82, 2.24) is 5.32 Å². The Balaban J connectivity index is 1.59. The minimum absolute atomic E-state index is 0.0485. The van der Waals surface area contributed by atoms with Gasteiger partial charge in [-0.25, -0.2) is 0 Å². The average molecular weight is 365 g/mol. The smallest absolute Gasteiger partial charge is 0.227 e.